The molecule has 1 heterocycles. The lowest BCUT2D eigenvalue weighted by Gasteiger charge is -2.21. The largest absolute Gasteiger partial charge is 0.329 e. The molecule has 6 nitrogen and oxygen atoms in total. The van der Waals surface area contributed by atoms with Crippen molar-refractivity contribution >= 4 is 10.0 Å². The third-order valence-corrected chi connectivity index (χ3v) is 4.50. The van der Waals surface area contributed by atoms with Crippen LogP contribution in [0.25, 0.3) is 0 Å². The molecular weight excluding hydrogens is 266 g/mol. The summed E-state index contributed by atoms with van der Waals surface area (Å²) in [6.45, 7) is 1.19. The molecule has 0 spiro atoms. The lowest BCUT2D eigenvalue weighted by molar-refractivity contribution is 0.121. The van der Waals surface area contributed by atoms with Crippen LogP contribution < -0.4 is 5.73 Å². The minimum Gasteiger partial charge on any atom is -0.329 e. The Morgan fingerprint density at radius 2 is 2.17 bits per heavy atom. The summed E-state index contributed by atoms with van der Waals surface area (Å²) in [5, 5.41) is 3.59. The number of sulfonamides is 1. The number of nitrogens with zero attached hydrogens (tertiary/aromatic N) is 3. The predicted octanol–water partition coefficient (Wildman–Crippen LogP) is 0.116. The summed E-state index contributed by atoms with van der Waals surface area (Å²) in [6.07, 6.45) is -0.445. The number of hydrogen-bond donors (Lipinski definition) is 1. The van der Waals surface area contributed by atoms with Gasteiger partial charge in [0.15, 0.2) is 0 Å². The molecule has 0 aromatic carbocycles. The second-order valence-electron chi connectivity index (χ2n) is 3.90. The van der Waals surface area contributed by atoms with E-state index in [9.17, 15) is 17.2 Å². The summed E-state index contributed by atoms with van der Waals surface area (Å²) in [5.41, 5.74) is 5.39. The molecule has 0 saturated heterocycles. The standard InChI is InChI=1S/C9H16F2N4O2S/c1-7(3-12)14(2)18(16,17)8-4-13-15(5-8)6-9(10)11/h4-5,7,9H,3,6,12H2,1-2H3. The zero-order chi connectivity index (χ0) is 13.9. The maximum absolute atomic E-state index is 12.1. The van der Waals surface area contributed by atoms with E-state index < -0.39 is 23.0 Å². The average Bonchev–Trinajstić information content (AvgIpc) is 2.75. The highest BCUT2D eigenvalue weighted by Crippen LogP contribution is 2.15. The molecule has 0 amide bonds. The fraction of sp³-hybridized carbons (Fsp3) is 0.667. The number of halogens is 2. The molecule has 0 aliphatic rings. The molecule has 1 aromatic heterocycles. The Labute approximate surface area is 104 Å². The van der Waals surface area contributed by atoms with E-state index in [0.717, 1.165) is 21.4 Å². The van der Waals surface area contributed by atoms with E-state index in [1.165, 1.54) is 7.05 Å². The summed E-state index contributed by atoms with van der Waals surface area (Å²) >= 11 is 0. The van der Waals surface area contributed by atoms with E-state index in [-0.39, 0.29) is 17.5 Å². The molecule has 9 heteroatoms. The van der Waals surface area contributed by atoms with Gasteiger partial charge in [0.25, 0.3) is 6.43 Å². The zero-order valence-corrected chi connectivity index (χ0v) is 10.9. The first-order valence-electron chi connectivity index (χ1n) is 5.27. The molecule has 104 valence electrons. The van der Waals surface area contributed by atoms with Crippen LogP contribution in [-0.2, 0) is 16.6 Å². The van der Waals surface area contributed by atoms with Gasteiger partial charge in [-0.3, -0.25) is 4.68 Å². The van der Waals surface area contributed by atoms with Gasteiger partial charge in [-0.05, 0) is 6.92 Å². The highest BCUT2D eigenvalue weighted by atomic mass is 32.2. The molecule has 2 N–H and O–H groups in total. The molecule has 0 bridgehead atoms. The lowest BCUT2D eigenvalue weighted by Crippen LogP contribution is -2.39. The van der Waals surface area contributed by atoms with Crippen molar-refractivity contribution in [3.8, 4) is 0 Å². The number of nitrogens with two attached hydrogens (primary N) is 1. The summed E-state index contributed by atoms with van der Waals surface area (Å²) in [5.74, 6) is 0. The van der Waals surface area contributed by atoms with Crippen LogP contribution in [0.15, 0.2) is 17.3 Å². The van der Waals surface area contributed by atoms with Gasteiger partial charge in [-0.25, -0.2) is 17.2 Å². The average molecular weight is 282 g/mol. The minimum absolute atomic E-state index is 0.119. The first kappa shape index (κ1) is 15.0. The second kappa shape index (κ2) is 5.72. The van der Waals surface area contributed by atoms with Gasteiger partial charge in [0.05, 0.1) is 6.20 Å². The number of aromatic nitrogens is 2. The third kappa shape index (κ3) is 3.24. The van der Waals surface area contributed by atoms with Crippen LogP contribution in [0.4, 0.5) is 8.78 Å². The summed E-state index contributed by atoms with van der Waals surface area (Å²) < 4.78 is 50.4. The molecule has 0 saturated carbocycles. The minimum atomic E-state index is -3.74. The number of alkyl halides is 2. The van der Waals surface area contributed by atoms with Gasteiger partial charge in [0.1, 0.15) is 11.4 Å². The topological polar surface area (TPSA) is 81.2 Å². The molecule has 1 atom stereocenters. The van der Waals surface area contributed by atoms with Crippen LogP contribution in [0, 0.1) is 0 Å². The Balaban J connectivity index is 2.95. The van der Waals surface area contributed by atoms with Crippen LogP contribution in [0.3, 0.4) is 0 Å². The van der Waals surface area contributed by atoms with Crippen molar-refractivity contribution < 1.29 is 17.2 Å². The predicted molar refractivity (Wildman–Crippen MR) is 61.7 cm³/mol. The monoisotopic (exact) mass is 282 g/mol. The molecule has 1 aromatic rings. The first-order chi connectivity index (χ1) is 8.28. The second-order valence-corrected chi connectivity index (χ2v) is 5.89. The summed E-state index contributed by atoms with van der Waals surface area (Å²) in [7, 11) is -2.35. The van der Waals surface area contributed by atoms with Crippen LogP contribution >= 0.6 is 0 Å². The van der Waals surface area contributed by atoms with Crippen molar-refractivity contribution in [3.63, 3.8) is 0 Å². The van der Waals surface area contributed by atoms with Crippen molar-refractivity contribution in [1.29, 1.82) is 0 Å². The van der Waals surface area contributed by atoms with Gasteiger partial charge >= 0.3 is 0 Å². The van der Waals surface area contributed by atoms with Gasteiger partial charge in [0.2, 0.25) is 10.0 Å². The molecule has 1 rings (SSSR count). The van der Waals surface area contributed by atoms with Crippen molar-refractivity contribution in [2.75, 3.05) is 13.6 Å². The molecule has 18 heavy (non-hydrogen) atoms. The fourth-order valence-electron chi connectivity index (χ4n) is 1.27. The number of likely N-dealkylation sites (N-methyl/N-ethyl adjacent to an activating group) is 1. The SMILES string of the molecule is CC(CN)N(C)S(=O)(=O)c1cnn(CC(F)F)c1. The fourth-order valence-corrected chi connectivity index (χ4v) is 2.60. The van der Waals surface area contributed by atoms with Crippen LogP contribution in [0.5, 0.6) is 0 Å². The van der Waals surface area contributed by atoms with E-state index in [0.29, 0.717) is 0 Å². The summed E-state index contributed by atoms with van der Waals surface area (Å²) in [4.78, 5) is -0.119. The zero-order valence-electron chi connectivity index (χ0n) is 10.1. The van der Waals surface area contributed by atoms with E-state index >= 15 is 0 Å². The molecule has 0 radical (unpaired) electrons. The Hall–Kier alpha value is -1.06. The smallest absolute Gasteiger partial charge is 0.257 e. The Bertz CT molecular complexity index is 489. The Morgan fingerprint density at radius 1 is 1.56 bits per heavy atom. The maximum atomic E-state index is 12.1. The molecular formula is C9H16F2N4O2S. The van der Waals surface area contributed by atoms with E-state index in [1.807, 2.05) is 0 Å². The number of hydrogen-bond acceptors (Lipinski definition) is 4. The molecule has 1 unspecified atom stereocenters. The molecule has 0 fully saturated rings. The number of rotatable bonds is 6. The Morgan fingerprint density at radius 3 is 2.67 bits per heavy atom. The Kier molecular flexibility index (Phi) is 4.77. The molecule has 0 aliphatic carbocycles. The van der Waals surface area contributed by atoms with Crippen molar-refractivity contribution in [1.82, 2.24) is 14.1 Å². The van der Waals surface area contributed by atoms with Crippen molar-refractivity contribution in [3.05, 3.63) is 12.4 Å². The normalized spacial score (nSPS) is 14.4. The van der Waals surface area contributed by atoms with Gasteiger partial charge in [0, 0.05) is 25.8 Å². The van der Waals surface area contributed by atoms with Crippen molar-refractivity contribution in [2.45, 2.75) is 30.8 Å². The highest BCUT2D eigenvalue weighted by Gasteiger charge is 2.26. The van der Waals surface area contributed by atoms with Crippen LogP contribution in [0.1, 0.15) is 6.92 Å². The van der Waals surface area contributed by atoms with E-state index in [1.54, 1.807) is 6.92 Å². The van der Waals surface area contributed by atoms with Gasteiger partial charge in [-0.1, -0.05) is 0 Å². The van der Waals surface area contributed by atoms with Crippen LogP contribution in [-0.4, -0.2) is 48.6 Å². The first-order valence-corrected chi connectivity index (χ1v) is 6.71. The van der Waals surface area contributed by atoms with Gasteiger partial charge in [-0.2, -0.15) is 9.40 Å². The van der Waals surface area contributed by atoms with Gasteiger partial charge < -0.3 is 5.73 Å². The quantitative estimate of drug-likeness (QED) is 0.803. The summed E-state index contributed by atoms with van der Waals surface area (Å²) in [6, 6.07) is -0.381. The van der Waals surface area contributed by atoms with E-state index in [4.69, 9.17) is 5.73 Å². The highest BCUT2D eigenvalue weighted by molar-refractivity contribution is 7.89. The van der Waals surface area contributed by atoms with Crippen molar-refractivity contribution in [2.24, 2.45) is 5.73 Å². The maximum Gasteiger partial charge on any atom is 0.257 e. The van der Waals surface area contributed by atoms with Crippen LogP contribution in [0.2, 0.25) is 0 Å². The third-order valence-electron chi connectivity index (χ3n) is 2.57. The molecule has 0 aliphatic heterocycles. The van der Waals surface area contributed by atoms with E-state index in [2.05, 4.69) is 5.10 Å². The van der Waals surface area contributed by atoms with Gasteiger partial charge in [-0.15, -0.1) is 0 Å². The lowest BCUT2D eigenvalue weighted by atomic mass is 10.4.